The second-order valence-electron chi connectivity index (χ2n) is 5.48. The molecule has 124 valence electrons. The highest BCUT2D eigenvalue weighted by Gasteiger charge is 2.05. The molecular weight excluding hydrogens is 365 g/mol. The molecule has 0 aliphatic heterocycles. The van der Waals surface area contributed by atoms with E-state index in [2.05, 4.69) is 14.9 Å². The molecule has 0 aliphatic carbocycles. The summed E-state index contributed by atoms with van der Waals surface area (Å²) in [5, 5.41) is 5.42. The van der Waals surface area contributed by atoms with Crippen LogP contribution in [0.3, 0.4) is 0 Å². The van der Waals surface area contributed by atoms with E-state index in [0.717, 1.165) is 23.0 Å². The number of nitrogens with one attached hydrogen (secondary N) is 1. The quantitative estimate of drug-likeness (QED) is 0.638. The average molecular weight is 381 g/mol. The Balaban J connectivity index is 1.61. The maximum Gasteiger partial charge on any atom is 0.122 e. The molecule has 0 spiro atoms. The minimum atomic E-state index is 0.639. The SMILES string of the molecule is Clc1ccc(CNCc2nccn2Cc2cc(Cl)cc(Cl)c2)cc1. The lowest BCUT2D eigenvalue weighted by atomic mass is 10.2. The zero-order valence-corrected chi connectivity index (χ0v) is 15.1. The molecular formula is C18H16Cl3N3. The van der Waals surface area contributed by atoms with Crippen LogP contribution in [-0.4, -0.2) is 9.55 Å². The van der Waals surface area contributed by atoms with Crippen molar-refractivity contribution in [1.29, 1.82) is 0 Å². The van der Waals surface area contributed by atoms with Crippen LogP contribution in [0.5, 0.6) is 0 Å². The van der Waals surface area contributed by atoms with Gasteiger partial charge in [0.05, 0.1) is 6.54 Å². The summed E-state index contributed by atoms with van der Waals surface area (Å²) >= 11 is 18.0. The normalized spacial score (nSPS) is 11.0. The van der Waals surface area contributed by atoms with E-state index in [1.807, 2.05) is 42.6 Å². The first-order valence-electron chi connectivity index (χ1n) is 7.50. The maximum atomic E-state index is 6.06. The van der Waals surface area contributed by atoms with E-state index in [0.29, 0.717) is 23.1 Å². The highest BCUT2D eigenvalue weighted by Crippen LogP contribution is 2.20. The Labute approximate surface area is 156 Å². The van der Waals surface area contributed by atoms with Gasteiger partial charge in [-0.15, -0.1) is 0 Å². The Hall–Kier alpha value is -1.52. The molecule has 0 bridgehead atoms. The van der Waals surface area contributed by atoms with Crippen LogP contribution in [0, 0.1) is 0 Å². The molecule has 0 unspecified atom stereocenters. The van der Waals surface area contributed by atoms with Crippen molar-refractivity contribution in [3.8, 4) is 0 Å². The number of hydrogen-bond acceptors (Lipinski definition) is 2. The third-order valence-corrected chi connectivity index (χ3v) is 4.29. The van der Waals surface area contributed by atoms with Crippen LogP contribution in [0.15, 0.2) is 54.9 Å². The second-order valence-corrected chi connectivity index (χ2v) is 6.79. The van der Waals surface area contributed by atoms with Crippen molar-refractivity contribution >= 4 is 34.8 Å². The van der Waals surface area contributed by atoms with Crippen molar-refractivity contribution in [3.05, 3.63) is 86.9 Å². The number of halogens is 3. The van der Waals surface area contributed by atoms with Crippen LogP contribution < -0.4 is 5.32 Å². The Kier molecular flexibility index (Phi) is 5.80. The van der Waals surface area contributed by atoms with Gasteiger partial charge in [0.2, 0.25) is 0 Å². The smallest absolute Gasteiger partial charge is 0.122 e. The summed E-state index contributed by atoms with van der Waals surface area (Å²) in [5.74, 6) is 0.958. The van der Waals surface area contributed by atoms with E-state index in [1.165, 1.54) is 5.56 Å². The number of hydrogen-bond donors (Lipinski definition) is 1. The van der Waals surface area contributed by atoms with Gasteiger partial charge in [0, 0.05) is 40.6 Å². The van der Waals surface area contributed by atoms with Crippen molar-refractivity contribution in [1.82, 2.24) is 14.9 Å². The lowest BCUT2D eigenvalue weighted by molar-refractivity contribution is 0.621. The monoisotopic (exact) mass is 379 g/mol. The largest absolute Gasteiger partial charge is 0.329 e. The van der Waals surface area contributed by atoms with Gasteiger partial charge in [-0.25, -0.2) is 4.98 Å². The molecule has 2 aromatic carbocycles. The summed E-state index contributed by atoms with van der Waals surface area (Å²) in [6.07, 6.45) is 3.75. The van der Waals surface area contributed by atoms with Gasteiger partial charge in [0.25, 0.3) is 0 Å². The average Bonchev–Trinajstić information content (AvgIpc) is 2.95. The minimum absolute atomic E-state index is 0.639. The van der Waals surface area contributed by atoms with E-state index in [-0.39, 0.29) is 0 Å². The van der Waals surface area contributed by atoms with E-state index in [4.69, 9.17) is 34.8 Å². The van der Waals surface area contributed by atoms with E-state index in [1.54, 1.807) is 12.3 Å². The summed E-state index contributed by atoms with van der Waals surface area (Å²) in [7, 11) is 0. The lowest BCUT2D eigenvalue weighted by Crippen LogP contribution is -2.17. The second kappa shape index (κ2) is 8.04. The standard InChI is InChI=1S/C18H16Cl3N3/c19-15-3-1-13(2-4-15)10-22-11-18-23-5-6-24(18)12-14-7-16(20)9-17(21)8-14/h1-9,22H,10-12H2. The van der Waals surface area contributed by atoms with Crippen molar-refractivity contribution in [2.75, 3.05) is 0 Å². The van der Waals surface area contributed by atoms with Gasteiger partial charge in [0.15, 0.2) is 0 Å². The fourth-order valence-corrected chi connectivity index (χ4v) is 3.17. The number of rotatable bonds is 6. The fourth-order valence-electron chi connectivity index (χ4n) is 2.47. The predicted molar refractivity (Wildman–Crippen MR) is 99.8 cm³/mol. The Bertz CT molecular complexity index is 792. The molecule has 0 radical (unpaired) electrons. The molecule has 3 nitrogen and oxygen atoms in total. The highest BCUT2D eigenvalue weighted by molar-refractivity contribution is 6.34. The summed E-state index contributed by atoms with van der Waals surface area (Å²) in [6, 6.07) is 13.4. The van der Waals surface area contributed by atoms with E-state index < -0.39 is 0 Å². The first-order valence-corrected chi connectivity index (χ1v) is 8.64. The molecule has 0 fully saturated rings. The van der Waals surface area contributed by atoms with Crippen LogP contribution in [0.25, 0.3) is 0 Å². The molecule has 0 atom stereocenters. The number of aromatic nitrogens is 2. The van der Waals surface area contributed by atoms with Crippen LogP contribution in [-0.2, 0) is 19.6 Å². The summed E-state index contributed by atoms with van der Waals surface area (Å²) in [6.45, 7) is 2.11. The molecule has 1 heterocycles. The van der Waals surface area contributed by atoms with Crippen molar-refractivity contribution in [2.45, 2.75) is 19.6 Å². The van der Waals surface area contributed by atoms with Gasteiger partial charge in [-0.2, -0.15) is 0 Å². The molecule has 0 aliphatic rings. The van der Waals surface area contributed by atoms with E-state index >= 15 is 0 Å². The highest BCUT2D eigenvalue weighted by atomic mass is 35.5. The predicted octanol–water partition coefficient (Wildman–Crippen LogP) is 5.18. The van der Waals surface area contributed by atoms with Crippen molar-refractivity contribution < 1.29 is 0 Å². The van der Waals surface area contributed by atoms with Gasteiger partial charge in [-0.3, -0.25) is 0 Å². The van der Waals surface area contributed by atoms with Crippen LogP contribution in [0.1, 0.15) is 17.0 Å². The molecule has 3 aromatic rings. The van der Waals surface area contributed by atoms with E-state index in [9.17, 15) is 0 Å². The fraction of sp³-hybridized carbons (Fsp3) is 0.167. The molecule has 6 heteroatoms. The zero-order chi connectivity index (χ0) is 16.9. The lowest BCUT2D eigenvalue weighted by Gasteiger charge is -2.10. The molecule has 0 amide bonds. The van der Waals surface area contributed by atoms with Crippen LogP contribution in [0.4, 0.5) is 0 Å². The molecule has 1 aromatic heterocycles. The molecule has 3 rings (SSSR count). The summed E-state index contributed by atoms with van der Waals surface area (Å²) < 4.78 is 2.08. The molecule has 1 N–H and O–H groups in total. The number of imidazole rings is 1. The Morgan fingerprint density at radius 3 is 2.25 bits per heavy atom. The Morgan fingerprint density at radius 1 is 0.833 bits per heavy atom. The molecule has 24 heavy (non-hydrogen) atoms. The van der Waals surface area contributed by atoms with Gasteiger partial charge in [-0.05, 0) is 41.5 Å². The van der Waals surface area contributed by atoms with Gasteiger partial charge in [0.1, 0.15) is 5.82 Å². The third kappa shape index (κ3) is 4.74. The Morgan fingerprint density at radius 2 is 1.54 bits per heavy atom. The molecule has 0 saturated carbocycles. The van der Waals surface area contributed by atoms with Crippen LogP contribution in [0.2, 0.25) is 15.1 Å². The summed E-state index contributed by atoms with van der Waals surface area (Å²) in [4.78, 5) is 4.42. The number of benzene rings is 2. The van der Waals surface area contributed by atoms with Gasteiger partial charge in [-0.1, -0.05) is 46.9 Å². The maximum absolute atomic E-state index is 6.06. The third-order valence-electron chi connectivity index (χ3n) is 3.60. The molecule has 0 saturated heterocycles. The van der Waals surface area contributed by atoms with Crippen LogP contribution >= 0.6 is 34.8 Å². The first-order chi connectivity index (χ1) is 11.6. The topological polar surface area (TPSA) is 29.9 Å². The van der Waals surface area contributed by atoms with Crippen molar-refractivity contribution in [2.24, 2.45) is 0 Å². The van der Waals surface area contributed by atoms with Gasteiger partial charge >= 0.3 is 0 Å². The van der Waals surface area contributed by atoms with Gasteiger partial charge < -0.3 is 9.88 Å². The zero-order valence-electron chi connectivity index (χ0n) is 12.8. The first kappa shape index (κ1) is 17.3. The van der Waals surface area contributed by atoms with Crippen molar-refractivity contribution in [3.63, 3.8) is 0 Å². The minimum Gasteiger partial charge on any atom is -0.329 e. The summed E-state index contributed by atoms with van der Waals surface area (Å²) in [5.41, 5.74) is 2.23. The number of nitrogens with zero attached hydrogens (tertiary/aromatic N) is 2.